The number of hydrogen-bond acceptors (Lipinski definition) is 3. The molecule has 0 spiro atoms. The molecule has 94 valence electrons. The van der Waals surface area contributed by atoms with Gasteiger partial charge in [-0.1, -0.05) is 0 Å². The average Bonchev–Trinajstić information content (AvgIpc) is 2.84. The monoisotopic (exact) mass is 298 g/mol. The van der Waals surface area contributed by atoms with Crippen LogP contribution >= 0.6 is 15.9 Å². The van der Waals surface area contributed by atoms with Gasteiger partial charge in [0.25, 0.3) is 0 Å². The van der Waals surface area contributed by atoms with Crippen molar-refractivity contribution in [1.82, 2.24) is 10.2 Å². The van der Waals surface area contributed by atoms with Crippen LogP contribution in [0.2, 0.25) is 0 Å². The molecule has 0 amide bonds. The van der Waals surface area contributed by atoms with Gasteiger partial charge in [0.2, 0.25) is 0 Å². The molecule has 0 aromatic carbocycles. The van der Waals surface area contributed by atoms with Gasteiger partial charge in [-0.15, -0.1) is 0 Å². The summed E-state index contributed by atoms with van der Waals surface area (Å²) in [7, 11) is 0. The molecule has 1 N–H and O–H groups in total. The Morgan fingerprint density at radius 3 is 2.94 bits per heavy atom. The topological polar surface area (TPSA) is 28.4 Å². The van der Waals surface area contributed by atoms with Crippen LogP contribution in [0.1, 0.15) is 38.0 Å². The minimum atomic E-state index is 0.377. The second-order valence-electron chi connectivity index (χ2n) is 5.24. The van der Waals surface area contributed by atoms with E-state index in [1.165, 1.54) is 25.8 Å². The third-order valence-corrected chi connectivity index (χ3v) is 4.53. The van der Waals surface area contributed by atoms with Crippen molar-refractivity contribution in [2.75, 3.05) is 13.1 Å². The molecule has 4 heteroatoms. The number of nitrogens with one attached hydrogen (secondary N) is 1. The maximum Gasteiger partial charge on any atom is 0.169 e. The first-order valence-electron chi connectivity index (χ1n) is 6.47. The van der Waals surface area contributed by atoms with E-state index in [4.69, 9.17) is 4.42 Å². The predicted molar refractivity (Wildman–Crippen MR) is 71.0 cm³/mol. The summed E-state index contributed by atoms with van der Waals surface area (Å²) in [6, 6.07) is 5.87. The molecule has 3 heterocycles. The molecule has 2 aliphatic heterocycles. The minimum absolute atomic E-state index is 0.377. The van der Waals surface area contributed by atoms with Gasteiger partial charge in [0.1, 0.15) is 5.76 Å². The molecule has 2 bridgehead atoms. The maximum atomic E-state index is 5.67. The lowest BCUT2D eigenvalue weighted by Gasteiger charge is -2.28. The summed E-state index contributed by atoms with van der Waals surface area (Å²) in [5.41, 5.74) is 0. The SMILES string of the molecule is CC(c1ccc(Br)o1)N1CCC2CCC(C1)N2. The standard InChI is InChI=1S/C13H19BrN2O/c1-9(12-4-5-13(14)17-12)16-7-6-10-2-3-11(8-16)15-10/h4-5,9-11,15H,2-3,6-8H2,1H3. The number of likely N-dealkylation sites (tertiary alicyclic amines) is 1. The van der Waals surface area contributed by atoms with Crippen molar-refractivity contribution in [3.8, 4) is 0 Å². The van der Waals surface area contributed by atoms with Crippen LogP contribution in [0.15, 0.2) is 21.2 Å². The lowest BCUT2D eigenvalue weighted by molar-refractivity contribution is 0.178. The van der Waals surface area contributed by atoms with Crippen LogP contribution in [0.3, 0.4) is 0 Å². The highest BCUT2D eigenvalue weighted by Gasteiger charge is 2.31. The summed E-state index contributed by atoms with van der Waals surface area (Å²) >= 11 is 3.37. The van der Waals surface area contributed by atoms with Gasteiger partial charge >= 0.3 is 0 Å². The van der Waals surface area contributed by atoms with Crippen molar-refractivity contribution in [2.24, 2.45) is 0 Å². The normalized spacial score (nSPS) is 31.4. The van der Waals surface area contributed by atoms with Crippen LogP contribution in [-0.2, 0) is 0 Å². The molecule has 3 unspecified atom stereocenters. The molecule has 2 aliphatic rings. The molecule has 1 aromatic heterocycles. The van der Waals surface area contributed by atoms with Crippen LogP contribution in [0.4, 0.5) is 0 Å². The summed E-state index contributed by atoms with van der Waals surface area (Å²) in [4.78, 5) is 2.54. The van der Waals surface area contributed by atoms with E-state index in [0.29, 0.717) is 12.1 Å². The molecule has 2 fully saturated rings. The zero-order chi connectivity index (χ0) is 11.8. The van der Waals surface area contributed by atoms with Gasteiger partial charge in [0.05, 0.1) is 6.04 Å². The van der Waals surface area contributed by atoms with Crippen molar-refractivity contribution < 1.29 is 4.42 Å². The Bertz CT molecular complexity index is 393. The van der Waals surface area contributed by atoms with E-state index in [2.05, 4.69) is 39.1 Å². The zero-order valence-electron chi connectivity index (χ0n) is 10.2. The third-order valence-electron chi connectivity index (χ3n) is 4.11. The van der Waals surface area contributed by atoms with E-state index in [9.17, 15) is 0 Å². The van der Waals surface area contributed by atoms with E-state index in [-0.39, 0.29) is 0 Å². The molecule has 0 aliphatic carbocycles. The molecule has 1 aromatic rings. The Morgan fingerprint density at radius 2 is 2.18 bits per heavy atom. The second kappa shape index (κ2) is 4.75. The Labute approximate surface area is 111 Å². The number of hydrogen-bond donors (Lipinski definition) is 1. The van der Waals surface area contributed by atoms with Crippen molar-refractivity contribution >= 4 is 15.9 Å². The number of halogens is 1. The molecule has 17 heavy (non-hydrogen) atoms. The third kappa shape index (κ3) is 2.44. The molecule has 3 atom stereocenters. The average molecular weight is 299 g/mol. The fourth-order valence-corrected chi connectivity index (χ4v) is 3.37. The Balaban J connectivity index is 1.71. The van der Waals surface area contributed by atoms with Gasteiger partial charge < -0.3 is 9.73 Å². The highest BCUT2D eigenvalue weighted by molar-refractivity contribution is 9.10. The van der Waals surface area contributed by atoms with E-state index < -0.39 is 0 Å². The number of nitrogens with zero attached hydrogens (tertiary/aromatic N) is 1. The molecule has 0 radical (unpaired) electrons. The smallest absolute Gasteiger partial charge is 0.169 e. The van der Waals surface area contributed by atoms with Crippen molar-refractivity contribution in [3.63, 3.8) is 0 Å². The van der Waals surface area contributed by atoms with E-state index >= 15 is 0 Å². The predicted octanol–water partition coefficient (Wildman–Crippen LogP) is 2.93. The Hall–Kier alpha value is -0.320. The zero-order valence-corrected chi connectivity index (χ0v) is 11.7. The number of furan rings is 1. The number of fused-ring (bicyclic) bond motifs is 2. The quantitative estimate of drug-likeness (QED) is 0.910. The summed E-state index contributed by atoms with van der Waals surface area (Å²) < 4.78 is 6.50. The molecular formula is C13H19BrN2O. The highest BCUT2D eigenvalue weighted by Crippen LogP contribution is 2.29. The molecular weight excluding hydrogens is 280 g/mol. The van der Waals surface area contributed by atoms with Crippen molar-refractivity contribution in [3.05, 3.63) is 22.6 Å². The first kappa shape index (κ1) is 11.8. The van der Waals surface area contributed by atoms with Gasteiger partial charge in [0, 0.05) is 25.2 Å². The van der Waals surface area contributed by atoms with E-state index in [1.807, 2.05) is 6.07 Å². The summed E-state index contributed by atoms with van der Waals surface area (Å²) in [6.07, 6.45) is 3.96. The summed E-state index contributed by atoms with van der Waals surface area (Å²) in [6.45, 7) is 4.56. The van der Waals surface area contributed by atoms with Gasteiger partial charge in [-0.25, -0.2) is 0 Å². The molecule has 3 rings (SSSR count). The van der Waals surface area contributed by atoms with Gasteiger partial charge in [-0.3, -0.25) is 4.90 Å². The summed E-state index contributed by atoms with van der Waals surface area (Å²) in [5.74, 6) is 1.06. The largest absolute Gasteiger partial charge is 0.453 e. The van der Waals surface area contributed by atoms with Gasteiger partial charge in [-0.05, 0) is 54.2 Å². The van der Waals surface area contributed by atoms with Gasteiger partial charge in [0.15, 0.2) is 4.67 Å². The molecule has 2 saturated heterocycles. The van der Waals surface area contributed by atoms with Crippen LogP contribution < -0.4 is 5.32 Å². The highest BCUT2D eigenvalue weighted by atomic mass is 79.9. The fraction of sp³-hybridized carbons (Fsp3) is 0.692. The van der Waals surface area contributed by atoms with E-state index in [0.717, 1.165) is 23.0 Å². The first-order valence-corrected chi connectivity index (χ1v) is 7.27. The van der Waals surface area contributed by atoms with Crippen LogP contribution in [0.5, 0.6) is 0 Å². The van der Waals surface area contributed by atoms with Crippen molar-refractivity contribution in [2.45, 2.75) is 44.3 Å². The lowest BCUT2D eigenvalue weighted by atomic mass is 10.1. The second-order valence-corrected chi connectivity index (χ2v) is 6.02. The Morgan fingerprint density at radius 1 is 1.35 bits per heavy atom. The molecule has 0 saturated carbocycles. The van der Waals surface area contributed by atoms with Gasteiger partial charge in [-0.2, -0.15) is 0 Å². The maximum absolute atomic E-state index is 5.67. The van der Waals surface area contributed by atoms with E-state index in [1.54, 1.807) is 0 Å². The minimum Gasteiger partial charge on any atom is -0.453 e. The van der Waals surface area contributed by atoms with Crippen molar-refractivity contribution in [1.29, 1.82) is 0 Å². The Kier molecular flexibility index (Phi) is 3.28. The lowest BCUT2D eigenvalue weighted by Crippen LogP contribution is -2.36. The fourth-order valence-electron chi connectivity index (χ4n) is 3.05. The summed E-state index contributed by atoms with van der Waals surface area (Å²) in [5, 5.41) is 3.71. The first-order chi connectivity index (χ1) is 8.22. The molecule has 3 nitrogen and oxygen atoms in total. The van der Waals surface area contributed by atoms with Crippen LogP contribution in [0, 0.1) is 0 Å². The van der Waals surface area contributed by atoms with Crippen LogP contribution in [-0.4, -0.2) is 30.1 Å². The number of rotatable bonds is 2. The van der Waals surface area contributed by atoms with Crippen LogP contribution in [0.25, 0.3) is 0 Å².